The lowest BCUT2D eigenvalue weighted by Crippen LogP contribution is -2.27. The Kier molecular flexibility index (Phi) is 3.41. The predicted octanol–water partition coefficient (Wildman–Crippen LogP) is 1.90. The van der Waals surface area contributed by atoms with Crippen LogP contribution < -0.4 is 16.4 Å². The Morgan fingerprint density at radius 1 is 1.35 bits per heavy atom. The van der Waals surface area contributed by atoms with Gasteiger partial charge in [0, 0.05) is 42.2 Å². The van der Waals surface area contributed by atoms with Crippen LogP contribution in [0.15, 0.2) is 30.6 Å². The van der Waals surface area contributed by atoms with Crippen molar-refractivity contribution < 1.29 is 4.79 Å². The third kappa shape index (κ3) is 2.82. The Labute approximate surface area is 117 Å². The highest BCUT2D eigenvalue weighted by molar-refractivity contribution is 5.98. The molecule has 0 saturated heterocycles. The maximum atomic E-state index is 11.6. The van der Waals surface area contributed by atoms with E-state index >= 15 is 0 Å². The fourth-order valence-corrected chi connectivity index (χ4v) is 2.19. The number of nitrogens with one attached hydrogen (secondary N) is 2. The summed E-state index contributed by atoms with van der Waals surface area (Å²) in [6.07, 6.45) is 6.21. The van der Waals surface area contributed by atoms with Gasteiger partial charge >= 0.3 is 0 Å². The van der Waals surface area contributed by atoms with Crippen LogP contribution in [0.1, 0.15) is 19.3 Å². The summed E-state index contributed by atoms with van der Waals surface area (Å²) in [5.74, 6) is 0.101. The van der Waals surface area contributed by atoms with Crippen molar-refractivity contribution in [3.8, 4) is 0 Å². The summed E-state index contributed by atoms with van der Waals surface area (Å²) in [6, 6.07) is 6.22. The van der Waals surface area contributed by atoms with Crippen molar-refractivity contribution in [2.24, 2.45) is 0 Å². The van der Waals surface area contributed by atoms with Gasteiger partial charge in [-0.1, -0.05) is 6.07 Å². The van der Waals surface area contributed by atoms with E-state index in [-0.39, 0.29) is 5.91 Å². The molecule has 0 aliphatic heterocycles. The average molecular weight is 270 g/mol. The Bertz CT molecular complexity index is 637. The number of hydrogen-bond acceptors (Lipinski definition) is 4. The van der Waals surface area contributed by atoms with Gasteiger partial charge in [-0.15, -0.1) is 0 Å². The van der Waals surface area contributed by atoms with Crippen LogP contribution in [0.3, 0.4) is 0 Å². The molecule has 104 valence electrons. The van der Waals surface area contributed by atoms with Crippen molar-refractivity contribution in [3.05, 3.63) is 30.6 Å². The molecule has 1 aliphatic rings. The van der Waals surface area contributed by atoms with Crippen molar-refractivity contribution in [1.29, 1.82) is 0 Å². The lowest BCUT2D eigenvalue weighted by Gasteiger charge is -2.11. The predicted molar refractivity (Wildman–Crippen MR) is 80.4 cm³/mol. The second-order valence-electron chi connectivity index (χ2n) is 5.14. The molecule has 0 spiro atoms. The number of anilines is 2. The number of carbonyl (C=O) groups excluding carboxylic acids is 1. The molecule has 5 nitrogen and oxygen atoms in total. The Morgan fingerprint density at radius 3 is 3.00 bits per heavy atom. The van der Waals surface area contributed by atoms with E-state index in [1.54, 1.807) is 12.4 Å². The van der Waals surface area contributed by atoms with E-state index in [0.717, 1.165) is 29.3 Å². The minimum absolute atomic E-state index is 0.101. The van der Waals surface area contributed by atoms with Gasteiger partial charge in [-0.2, -0.15) is 0 Å². The molecule has 1 aliphatic carbocycles. The van der Waals surface area contributed by atoms with Crippen molar-refractivity contribution in [2.75, 3.05) is 17.6 Å². The Balaban J connectivity index is 1.62. The maximum absolute atomic E-state index is 11.6. The number of rotatable bonds is 5. The van der Waals surface area contributed by atoms with Gasteiger partial charge in [0.2, 0.25) is 5.91 Å². The summed E-state index contributed by atoms with van der Waals surface area (Å²) in [4.78, 5) is 15.7. The zero-order valence-electron chi connectivity index (χ0n) is 11.2. The molecule has 1 aromatic heterocycles. The molecule has 1 fully saturated rings. The third-order valence-electron chi connectivity index (χ3n) is 3.47. The first kappa shape index (κ1) is 12.7. The van der Waals surface area contributed by atoms with Gasteiger partial charge in [-0.25, -0.2) is 0 Å². The topological polar surface area (TPSA) is 80.0 Å². The van der Waals surface area contributed by atoms with Gasteiger partial charge < -0.3 is 16.4 Å². The van der Waals surface area contributed by atoms with Crippen LogP contribution in [0, 0.1) is 0 Å². The first-order valence-electron chi connectivity index (χ1n) is 6.89. The number of nitrogens with two attached hydrogens (primary N) is 1. The van der Waals surface area contributed by atoms with Crippen LogP contribution in [0.4, 0.5) is 11.4 Å². The second-order valence-corrected chi connectivity index (χ2v) is 5.14. The van der Waals surface area contributed by atoms with Crippen LogP contribution in [0.5, 0.6) is 0 Å². The van der Waals surface area contributed by atoms with E-state index in [0.29, 0.717) is 24.7 Å². The SMILES string of the molecule is Nc1c(NCCC(=O)NC2CC2)ccc2cnccc12. The minimum atomic E-state index is 0.101. The lowest BCUT2D eigenvalue weighted by atomic mass is 10.1. The number of fused-ring (bicyclic) bond motifs is 1. The quantitative estimate of drug-likeness (QED) is 0.725. The fraction of sp³-hybridized carbons (Fsp3) is 0.333. The molecule has 0 unspecified atom stereocenters. The monoisotopic (exact) mass is 270 g/mol. The largest absolute Gasteiger partial charge is 0.397 e. The van der Waals surface area contributed by atoms with E-state index < -0.39 is 0 Å². The van der Waals surface area contributed by atoms with E-state index in [2.05, 4.69) is 15.6 Å². The summed E-state index contributed by atoms with van der Waals surface area (Å²) >= 11 is 0. The standard InChI is InChI=1S/C15H18N4O/c16-15-12-5-7-17-9-10(12)1-4-13(15)18-8-6-14(20)19-11-2-3-11/h1,4-5,7,9,11,18H,2-3,6,8,16H2,(H,19,20). The Hall–Kier alpha value is -2.30. The molecule has 0 atom stereocenters. The molecule has 1 amide bonds. The number of aromatic nitrogens is 1. The molecule has 1 saturated carbocycles. The number of nitrogens with zero attached hydrogens (tertiary/aromatic N) is 1. The zero-order chi connectivity index (χ0) is 13.9. The van der Waals surface area contributed by atoms with Gasteiger partial charge in [0.25, 0.3) is 0 Å². The number of carbonyl (C=O) groups is 1. The molecule has 0 radical (unpaired) electrons. The number of benzene rings is 1. The normalized spacial score (nSPS) is 14.2. The summed E-state index contributed by atoms with van der Waals surface area (Å²) in [5, 5.41) is 8.18. The van der Waals surface area contributed by atoms with Gasteiger partial charge in [-0.05, 0) is 25.0 Å². The molecule has 5 heteroatoms. The summed E-state index contributed by atoms with van der Waals surface area (Å²) < 4.78 is 0. The third-order valence-corrected chi connectivity index (χ3v) is 3.47. The van der Waals surface area contributed by atoms with Gasteiger partial charge in [0.1, 0.15) is 0 Å². The van der Waals surface area contributed by atoms with Crippen LogP contribution >= 0.6 is 0 Å². The molecular formula is C15H18N4O. The van der Waals surface area contributed by atoms with Crippen molar-refractivity contribution in [1.82, 2.24) is 10.3 Å². The second kappa shape index (κ2) is 5.36. The molecule has 20 heavy (non-hydrogen) atoms. The van der Waals surface area contributed by atoms with Crippen molar-refractivity contribution in [3.63, 3.8) is 0 Å². The van der Waals surface area contributed by atoms with Gasteiger partial charge in [-0.3, -0.25) is 9.78 Å². The zero-order valence-corrected chi connectivity index (χ0v) is 11.2. The van der Waals surface area contributed by atoms with E-state index in [1.165, 1.54) is 0 Å². The van der Waals surface area contributed by atoms with E-state index in [1.807, 2.05) is 18.2 Å². The van der Waals surface area contributed by atoms with Crippen molar-refractivity contribution >= 4 is 28.1 Å². The highest BCUT2D eigenvalue weighted by Crippen LogP contribution is 2.27. The smallest absolute Gasteiger partial charge is 0.221 e. The molecule has 1 aromatic carbocycles. The summed E-state index contributed by atoms with van der Waals surface area (Å²) in [6.45, 7) is 0.583. The van der Waals surface area contributed by atoms with Crippen LogP contribution in [0.2, 0.25) is 0 Å². The van der Waals surface area contributed by atoms with E-state index in [4.69, 9.17) is 5.73 Å². The molecule has 2 aromatic rings. The molecular weight excluding hydrogens is 252 g/mol. The number of amides is 1. The van der Waals surface area contributed by atoms with Gasteiger partial charge in [0.05, 0.1) is 11.4 Å². The molecule has 0 bridgehead atoms. The van der Waals surface area contributed by atoms with Crippen LogP contribution in [-0.2, 0) is 4.79 Å². The van der Waals surface area contributed by atoms with Crippen LogP contribution in [-0.4, -0.2) is 23.5 Å². The van der Waals surface area contributed by atoms with Crippen molar-refractivity contribution in [2.45, 2.75) is 25.3 Å². The number of pyridine rings is 1. The first-order chi connectivity index (χ1) is 9.74. The minimum Gasteiger partial charge on any atom is -0.397 e. The lowest BCUT2D eigenvalue weighted by molar-refractivity contribution is -0.120. The molecule has 1 heterocycles. The average Bonchev–Trinajstić information content (AvgIpc) is 3.25. The first-order valence-corrected chi connectivity index (χ1v) is 6.89. The molecule has 3 rings (SSSR count). The van der Waals surface area contributed by atoms with Crippen LogP contribution in [0.25, 0.3) is 10.8 Å². The summed E-state index contributed by atoms with van der Waals surface area (Å²) in [7, 11) is 0. The molecule has 4 N–H and O–H groups in total. The highest BCUT2D eigenvalue weighted by atomic mass is 16.1. The van der Waals surface area contributed by atoms with E-state index in [9.17, 15) is 4.79 Å². The number of hydrogen-bond donors (Lipinski definition) is 3. The fourth-order valence-electron chi connectivity index (χ4n) is 2.19. The number of nitrogen functional groups attached to an aromatic ring is 1. The van der Waals surface area contributed by atoms with Gasteiger partial charge in [0.15, 0.2) is 0 Å². The maximum Gasteiger partial charge on any atom is 0.221 e. The Morgan fingerprint density at radius 2 is 2.20 bits per heavy atom. The highest BCUT2D eigenvalue weighted by Gasteiger charge is 2.22. The summed E-state index contributed by atoms with van der Waals surface area (Å²) in [5.41, 5.74) is 7.70.